The van der Waals surface area contributed by atoms with E-state index in [0.717, 1.165) is 6.42 Å². The third kappa shape index (κ3) is 5.69. The van der Waals surface area contributed by atoms with Crippen molar-refractivity contribution in [1.29, 1.82) is 0 Å². The topological polar surface area (TPSA) is 26.3 Å². The Bertz CT molecular complexity index is 56.4. The fraction of sp³-hybridized carbons (Fsp3) is 0.800. The van der Waals surface area contributed by atoms with Crippen molar-refractivity contribution < 1.29 is 9.53 Å². The molecule has 0 rings (SSSR count). The Labute approximate surface area is 52.0 Å². The molecule has 0 amide bonds. The second-order valence-corrected chi connectivity index (χ2v) is 3.38. The number of hydrogen-bond donors (Lipinski definition) is 0. The molecule has 0 radical (unpaired) electrons. The van der Waals surface area contributed by atoms with Crippen molar-refractivity contribution in [3.63, 3.8) is 0 Å². The van der Waals surface area contributed by atoms with Crippen molar-refractivity contribution in [3.8, 4) is 0 Å². The van der Waals surface area contributed by atoms with Gasteiger partial charge in [-0.25, -0.2) is 0 Å². The Morgan fingerprint density at radius 2 is 2.50 bits per heavy atom. The van der Waals surface area contributed by atoms with Crippen molar-refractivity contribution in [2.75, 3.05) is 6.61 Å². The fourth-order valence-electron chi connectivity index (χ4n) is 0.484. The van der Waals surface area contributed by atoms with E-state index in [0.29, 0.717) is 13.1 Å². The Kier molecular flexibility index (Phi) is 6.43. The number of hydrogen-bond acceptors (Lipinski definition) is 2. The molecule has 0 unspecified atom stereocenters. The lowest BCUT2D eigenvalue weighted by atomic mass is 10.5. The second kappa shape index (κ2) is 6.69. The summed E-state index contributed by atoms with van der Waals surface area (Å²) >= 11 is 0. The van der Waals surface area contributed by atoms with Gasteiger partial charge >= 0.3 is 0 Å². The summed E-state index contributed by atoms with van der Waals surface area (Å²) < 4.78 is 4.48. The van der Waals surface area contributed by atoms with E-state index in [1.807, 2.05) is 0 Å². The molecule has 8 heavy (non-hydrogen) atoms. The molecule has 0 spiro atoms. The molecule has 0 aromatic heterocycles. The van der Waals surface area contributed by atoms with Gasteiger partial charge in [-0.1, -0.05) is 12.6 Å². The van der Waals surface area contributed by atoms with Crippen LogP contribution in [-0.4, -0.2) is 22.6 Å². The molecule has 3 heteroatoms. The van der Waals surface area contributed by atoms with Gasteiger partial charge in [0.1, 0.15) is 0 Å². The maximum absolute atomic E-state index is 9.56. The highest BCUT2D eigenvalue weighted by Crippen LogP contribution is 1.86. The van der Waals surface area contributed by atoms with Gasteiger partial charge in [0.2, 0.25) is 0 Å². The minimum atomic E-state index is 0.190. The number of rotatable bonds is 5. The maximum atomic E-state index is 9.56. The highest BCUT2D eigenvalue weighted by molar-refractivity contribution is 6.33. The lowest BCUT2D eigenvalue weighted by Gasteiger charge is -1.93. The Morgan fingerprint density at radius 3 is 3.00 bits per heavy atom. The number of carbonyl (C=O) groups is 1. The average molecular weight is 132 g/mol. The molecule has 0 saturated heterocycles. The highest BCUT2D eigenvalue weighted by Gasteiger charge is 1.83. The summed E-state index contributed by atoms with van der Waals surface area (Å²) in [6.45, 7) is 3.38. The van der Waals surface area contributed by atoms with Crippen molar-refractivity contribution in [2.24, 2.45) is 0 Å². The molecule has 48 valence electrons. The zero-order valence-electron chi connectivity index (χ0n) is 5.22. The molecule has 0 N–H and O–H groups in total. The fourth-order valence-corrected chi connectivity index (χ4v) is 1.19. The summed E-state index contributed by atoms with van der Waals surface area (Å²) in [5.41, 5.74) is 0. The molecule has 0 aromatic carbocycles. The summed E-state index contributed by atoms with van der Waals surface area (Å²) in [4.78, 5) is 9.56. The van der Waals surface area contributed by atoms with Crippen LogP contribution in [0.3, 0.4) is 0 Å². The van der Waals surface area contributed by atoms with Crippen LogP contribution in [0.15, 0.2) is 0 Å². The van der Waals surface area contributed by atoms with Gasteiger partial charge in [0.15, 0.2) is 0 Å². The van der Waals surface area contributed by atoms with Crippen molar-refractivity contribution in [1.82, 2.24) is 0 Å². The van der Waals surface area contributed by atoms with Crippen LogP contribution in [0.2, 0.25) is 12.6 Å². The van der Waals surface area contributed by atoms with Crippen LogP contribution < -0.4 is 0 Å². The van der Waals surface area contributed by atoms with Crippen molar-refractivity contribution in [3.05, 3.63) is 0 Å². The molecule has 0 saturated carbocycles. The van der Waals surface area contributed by atoms with Gasteiger partial charge in [0, 0.05) is 9.52 Å². The van der Waals surface area contributed by atoms with Crippen LogP contribution in [0.1, 0.15) is 6.42 Å². The van der Waals surface area contributed by atoms with E-state index in [9.17, 15) is 4.79 Å². The van der Waals surface area contributed by atoms with Crippen molar-refractivity contribution >= 4 is 16.0 Å². The predicted molar refractivity (Wildman–Crippen MR) is 35.8 cm³/mol. The van der Waals surface area contributed by atoms with Crippen LogP contribution in [-0.2, 0) is 9.53 Å². The second-order valence-electron chi connectivity index (χ2n) is 1.67. The first kappa shape index (κ1) is 7.69. The Hall–Kier alpha value is -0.313. The third-order valence-electron chi connectivity index (χ3n) is 0.934. The standard InChI is InChI=1S/C5H12O2Si/c1-8-4-2-3-7-5-6/h5H,2-4,8H2,1H3. The van der Waals surface area contributed by atoms with Gasteiger partial charge in [-0.15, -0.1) is 0 Å². The summed E-state index contributed by atoms with van der Waals surface area (Å²) in [5, 5.41) is 0. The van der Waals surface area contributed by atoms with Gasteiger partial charge in [0.25, 0.3) is 6.47 Å². The number of carbonyl (C=O) groups excluding carboxylic acids is 1. The first-order valence-electron chi connectivity index (χ1n) is 2.97. The van der Waals surface area contributed by atoms with Crippen LogP contribution >= 0.6 is 0 Å². The van der Waals surface area contributed by atoms with Crippen LogP contribution in [0.5, 0.6) is 0 Å². The minimum Gasteiger partial charge on any atom is -0.468 e. The largest absolute Gasteiger partial charge is 0.468 e. The van der Waals surface area contributed by atoms with E-state index in [1.165, 1.54) is 6.04 Å². The monoisotopic (exact) mass is 132 g/mol. The summed E-state index contributed by atoms with van der Waals surface area (Å²) in [5.74, 6) is 0. The zero-order valence-corrected chi connectivity index (χ0v) is 6.64. The SMILES string of the molecule is C[SiH2]CCCOC=O. The van der Waals surface area contributed by atoms with Crippen LogP contribution in [0.25, 0.3) is 0 Å². The first-order chi connectivity index (χ1) is 3.91. The Balaban J connectivity index is 2.62. The normalized spacial score (nSPS) is 10.1. The maximum Gasteiger partial charge on any atom is 0.293 e. The Morgan fingerprint density at radius 1 is 1.75 bits per heavy atom. The highest BCUT2D eigenvalue weighted by atomic mass is 28.2. The summed E-state index contributed by atoms with van der Waals surface area (Å²) in [6, 6.07) is 1.29. The van der Waals surface area contributed by atoms with E-state index in [1.54, 1.807) is 0 Å². The lowest BCUT2D eigenvalue weighted by Crippen LogP contribution is -1.92. The smallest absolute Gasteiger partial charge is 0.293 e. The van der Waals surface area contributed by atoms with E-state index < -0.39 is 0 Å². The van der Waals surface area contributed by atoms with Crippen LogP contribution in [0.4, 0.5) is 0 Å². The zero-order chi connectivity index (χ0) is 6.24. The molecule has 0 atom stereocenters. The third-order valence-corrected chi connectivity index (χ3v) is 2.14. The molecule has 0 fully saturated rings. The molecule has 2 nitrogen and oxygen atoms in total. The quantitative estimate of drug-likeness (QED) is 0.303. The predicted octanol–water partition coefficient (Wildman–Crippen LogP) is 0.185. The van der Waals surface area contributed by atoms with E-state index >= 15 is 0 Å². The van der Waals surface area contributed by atoms with Gasteiger partial charge in [-0.3, -0.25) is 4.79 Å². The average Bonchev–Trinajstić information content (AvgIpc) is 1.81. The minimum absolute atomic E-state index is 0.190. The molecule has 0 aromatic rings. The van der Waals surface area contributed by atoms with E-state index in [4.69, 9.17) is 0 Å². The lowest BCUT2D eigenvalue weighted by molar-refractivity contribution is -0.128. The van der Waals surface area contributed by atoms with E-state index in [2.05, 4.69) is 11.3 Å². The van der Waals surface area contributed by atoms with Gasteiger partial charge in [0.05, 0.1) is 6.61 Å². The molecule has 0 aliphatic carbocycles. The molecular formula is C5H12O2Si. The van der Waals surface area contributed by atoms with Gasteiger partial charge < -0.3 is 4.74 Å². The molecular weight excluding hydrogens is 120 g/mol. The molecule has 0 heterocycles. The first-order valence-corrected chi connectivity index (χ1v) is 5.38. The summed E-state index contributed by atoms with van der Waals surface area (Å²) in [6.07, 6.45) is 1.06. The van der Waals surface area contributed by atoms with Crippen LogP contribution in [0, 0.1) is 0 Å². The molecule has 0 aliphatic rings. The molecule has 0 bridgehead atoms. The van der Waals surface area contributed by atoms with Gasteiger partial charge in [-0.2, -0.15) is 0 Å². The number of ether oxygens (including phenoxy) is 1. The molecule has 0 aliphatic heterocycles. The van der Waals surface area contributed by atoms with Gasteiger partial charge in [-0.05, 0) is 6.42 Å². The van der Waals surface area contributed by atoms with E-state index in [-0.39, 0.29) is 9.52 Å². The summed E-state index contributed by atoms with van der Waals surface area (Å²) in [7, 11) is 0.190. The van der Waals surface area contributed by atoms with Crippen molar-refractivity contribution in [2.45, 2.75) is 19.0 Å².